The van der Waals surface area contributed by atoms with Gasteiger partial charge in [0, 0.05) is 32.7 Å². The highest BCUT2D eigenvalue weighted by atomic mass is 16.5. The minimum atomic E-state index is -0.0255. The van der Waals surface area contributed by atoms with Crippen LogP contribution in [-0.4, -0.2) is 61.6 Å². The second-order valence-corrected chi connectivity index (χ2v) is 8.28. The molecule has 0 aliphatic carbocycles. The van der Waals surface area contributed by atoms with Crippen LogP contribution in [0.4, 0.5) is 0 Å². The molecular weight excluding hydrogens is 372 g/mol. The predicted molar refractivity (Wildman–Crippen MR) is 121 cm³/mol. The number of amides is 1. The van der Waals surface area contributed by atoms with Gasteiger partial charge < -0.3 is 9.64 Å². The maximum Gasteiger partial charge on any atom is 0.227 e. The third kappa shape index (κ3) is 5.00. The Morgan fingerprint density at radius 1 is 1.03 bits per heavy atom. The third-order valence-electron chi connectivity index (χ3n) is 6.19. The van der Waals surface area contributed by atoms with Gasteiger partial charge >= 0.3 is 0 Å². The van der Waals surface area contributed by atoms with E-state index in [1.54, 1.807) is 0 Å². The van der Waals surface area contributed by atoms with Crippen LogP contribution < -0.4 is 0 Å². The van der Waals surface area contributed by atoms with E-state index in [0.29, 0.717) is 0 Å². The Balaban J connectivity index is 1.56. The Hall–Kier alpha value is -2.43. The summed E-state index contributed by atoms with van der Waals surface area (Å²) in [5.74, 6) is 0.263. The zero-order valence-electron chi connectivity index (χ0n) is 17.9. The fourth-order valence-electron chi connectivity index (χ4n) is 4.59. The van der Waals surface area contributed by atoms with E-state index in [-0.39, 0.29) is 11.8 Å². The SMILES string of the molecule is CCN1CCN(CC2=CCCOC2)CC(Cc2ccccc2-c2ccccc2)C1=O. The van der Waals surface area contributed by atoms with Gasteiger partial charge in [0.1, 0.15) is 0 Å². The van der Waals surface area contributed by atoms with Gasteiger partial charge in [0.2, 0.25) is 5.91 Å². The minimum Gasteiger partial charge on any atom is -0.377 e. The summed E-state index contributed by atoms with van der Waals surface area (Å²) in [6.45, 7) is 7.84. The van der Waals surface area contributed by atoms with Gasteiger partial charge in [0.05, 0.1) is 19.1 Å². The molecule has 1 saturated heterocycles. The molecule has 1 amide bonds. The van der Waals surface area contributed by atoms with Crippen LogP contribution in [0.15, 0.2) is 66.2 Å². The molecule has 2 aliphatic rings. The van der Waals surface area contributed by atoms with Gasteiger partial charge in [-0.3, -0.25) is 9.69 Å². The Morgan fingerprint density at radius 2 is 1.83 bits per heavy atom. The van der Waals surface area contributed by atoms with Gasteiger partial charge in [-0.1, -0.05) is 60.7 Å². The van der Waals surface area contributed by atoms with Gasteiger partial charge in [-0.05, 0) is 42.0 Å². The van der Waals surface area contributed by atoms with Gasteiger partial charge in [0.15, 0.2) is 0 Å². The Bertz CT molecular complexity index is 878. The molecule has 0 N–H and O–H groups in total. The van der Waals surface area contributed by atoms with E-state index in [2.05, 4.69) is 66.4 Å². The van der Waals surface area contributed by atoms with Crippen LogP contribution in [0.5, 0.6) is 0 Å². The summed E-state index contributed by atoms with van der Waals surface area (Å²) in [5.41, 5.74) is 5.04. The van der Waals surface area contributed by atoms with Crippen LogP contribution in [0.2, 0.25) is 0 Å². The van der Waals surface area contributed by atoms with Gasteiger partial charge in [-0.25, -0.2) is 0 Å². The van der Waals surface area contributed by atoms with Crippen molar-refractivity contribution in [2.75, 3.05) is 45.9 Å². The molecule has 1 unspecified atom stereocenters. The van der Waals surface area contributed by atoms with Gasteiger partial charge in [0.25, 0.3) is 0 Å². The van der Waals surface area contributed by atoms with Crippen LogP contribution in [0.25, 0.3) is 11.1 Å². The van der Waals surface area contributed by atoms with E-state index in [1.165, 1.54) is 22.3 Å². The fourth-order valence-corrected chi connectivity index (χ4v) is 4.59. The Kier molecular flexibility index (Phi) is 6.98. The molecule has 158 valence electrons. The lowest BCUT2D eigenvalue weighted by molar-refractivity contribution is -0.134. The number of hydrogen-bond acceptors (Lipinski definition) is 3. The summed E-state index contributed by atoms with van der Waals surface area (Å²) in [6, 6.07) is 19.0. The molecule has 0 spiro atoms. The first-order chi connectivity index (χ1) is 14.7. The van der Waals surface area contributed by atoms with E-state index in [1.807, 2.05) is 11.0 Å². The number of ether oxygens (including phenoxy) is 1. The number of likely N-dealkylation sites (N-methyl/N-ethyl adjacent to an activating group) is 1. The number of benzene rings is 2. The zero-order valence-corrected chi connectivity index (χ0v) is 17.9. The molecule has 4 nitrogen and oxygen atoms in total. The summed E-state index contributed by atoms with van der Waals surface area (Å²) >= 11 is 0. The fraction of sp³-hybridized carbons (Fsp3) is 0.423. The van der Waals surface area contributed by atoms with Crippen LogP contribution >= 0.6 is 0 Å². The van der Waals surface area contributed by atoms with Crippen molar-refractivity contribution in [3.63, 3.8) is 0 Å². The number of hydrogen-bond donors (Lipinski definition) is 0. The molecular formula is C26H32N2O2. The molecule has 30 heavy (non-hydrogen) atoms. The second kappa shape index (κ2) is 10.1. The second-order valence-electron chi connectivity index (χ2n) is 8.28. The molecule has 1 fully saturated rings. The van der Waals surface area contributed by atoms with Crippen molar-refractivity contribution >= 4 is 5.91 Å². The Morgan fingerprint density at radius 3 is 2.60 bits per heavy atom. The highest BCUT2D eigenvalue weighted by Gasteiger charge is 2.30. The lowest BCUT2D eigenvalue weighted by Gasteiger charge is -2.26. The average molecular weight is 405 g/mol. The molecule has 2 aromatic carbocycles. The van der Waals surface area contributed by atoms with Crippen LogP contribution in [0.3, 0.4) is 0 Å². The molecule has 2 aromatic rings. The smallest absolute Gasteiger partial charge is 0.227 e. The van der Waals surface area contributed by atoms with Crippen molar-refractivity contribution in [3.05, 3.63) is 71.8 Å². The standard InChI is InChI=1S/C26H32N2O2/c1-2-28-15-14-27(18-21-9-8-16-30-20-21)19-24(26(28)29)17-23-12-6-7-13-25(23)22-10-4-3-5-11-22/h3-7,9-13,24H,2,8,14-20H2,1H3. The minimum absolute atomic E-state index is 0.0255. The number of carbonyl (C=O) groups excluding carboxylic acids is 1. The lowest BCUT2D eigenvalue weighted by Crippen LogP contribution is -2.37. The number of carbonyl (C=O) groups is 1. The normalized spacial score (nSPS) is 20.7. The topological polar surface area (TPSA) is 32.8 Å². The van der Waals surface area contributed by atoms with Gasteiger partial charge in [-0.15, -0.1) is 0 Å². The van der Waals surface area contributed by atoms with Crippen molar-refractivity contribution in [1.82, 2.24) is 9.80 Å². The molecule has 0 radical (unpaired) electrons. The molecule has 0 aromatic heterocycles. The molecule has 1 atom stereocenters. The first-order valence-corrected chi connectivity index (χ1v) is 11.1. The summed E-state index contributed by atoms with van der Waals surface area (Å²) < 4.78 is 5.63. The molecule has 4 rings (SSSR count). The Labute approximate surface area is 180 Å². The van der Waals surface area contributed by atoms with Gasteiger partial charge in [-0.2, -0.15) is 0 Å². The van der Waals surface area contributed by atoms with E-state index in [0.717, 1.165) is 58.8 Å². The molecule has 4 heteroatoms. The van der Waals surface area contributed by atoms with Crippen molar-refractivity contribution in [1.29, 1.82) is 0 Å². The van der Waals surface area contributed by atoms with E-state index < -0.39 is 0 Å². The molecule has 2 heterocycles. The maximum absolute atomic E-state index is 13.3. The van der Waals surface area contributed by atoms with Crippen LogP contribution in [0, 0.1) is 5.92 Å². The summed E-state index contributed by atoms with van der Waals surface area (Å²) in [5, 5.41) is 0. The summed E-state index contributed by atoms with van der Waals surface area (Å²) in [4.78, 5) is 17.8. The largest absolute Gasteiger partial charge is 0.377 e. The van der Waals surface area contributed by atoms with Crippen molar-refractivity contribution in [2.45, 2.75) is 19.8 Å². The van der Waals surface area contributed by atoms with E-state index in [4.69, 9.17) is 4.74 Å². The zero-order chi connectivity index (χ0) is 20.8. The average Bonchev–Trinajstić information content (AvgIpc) is 2.94. The summed E-state index contributed by atoms with van der Waals surface area (Å²) in [7, 11) is 0. The van der Waals surface area contributed by atoms with Crippen molar-refractivity contribution in [2.24, 2.45) is 5.92 Å². The number of nitrogens with zero attached hydrogens (tertiary/aromatic N) is 2. The maximum atomic E-state index is 13.3. The predicted octanol–water partition coefficient (Wildman–Crippen LogP) is 4.02. The highest BCUT2D eigenvalue weighted by Crippen LogP contribution is 2.27. The molecule has 0 bridgehead atoms. The van der Waals surface area contributed by atoms with Crippen molar-refractivity contribution < 1.29 is 9.53 Å². The van der Waals surface area contributed by atoms with Crippen LogP contribution in [0.1, 0.15) is 18.9 Å². The van der Waals surface area contributed by atoms with E-state index in [9.17, 15) is 4.79 Å². The highest BCUT2D eigenvalue weighted by molar-refractivity contribution is 5.80. The number of rotatable bonds is 6. The first-order valence-electron chi connectivity index (χ1n) is 11.1. The lowest BCUT2D eigenvalue weighted by atomic mass is 9.91. The summed E-state index contributed by atoms with van der Waals surface area (Å²) in [6.07, 6.45) is 4.08. The monoisotopic (exact) mass is 404 g/mol. The first kappa shape index (κ1) is 20.8. The van der Waals surface area contributed by atoms with E-state index >= 15 is 0 Å². The molecule has 2 aliphatic heterocycles. The molecule has 0 saturated carbocycles. The van der Waals surface area contributed by atoms with Crippen LogP contribution in [-0.2, 0) is 16.0 Å². The van der Waals surface area contributed by atoms with Crippen molar-refractivity contribution in [3.8, 4) is 11.1 Å². The third-order valence-corrected chi connectivity index (χ3v) is 6.19. The quantitative estimate of drug-likeness (QED) is 0.682.